The van der Waals surface area contributed by atoms with Crippen LogP contribution in [0.5, 0.6) is 5.75 Å². The van der Waals surface area contributed by atoms with Crippen LogP contribution in [0, 0.1) is 6.20 Å². The lowest BCUT2D eigenvalue weighted by Crippen LogP contribution is -1.90. The minimum Gasteiger partial charge on any atom is -0.494 e. The van der Waals surface area contributed by atoms with Crippen molar-refractivity contribution in [1.29, 1.82) is 0 Å². The van der Waals surface area contributed by atoms with Crippen LogP contribution in [0.3, 0.4) is 0 Å². The second-order valence-corrected chi connectivity index (χ2v) is 2.72. The van der Waals surface area contributed by atoms with Crippen LogP contribution in [0.1, 0.15) is 0 Å². The smallest absolute Gasteiger partial charge is 0.145 e. The zero-order valence-corrected chi connectivity index (χ0v) is 7.77. The Hall–Kier alpha value is -1.90. The summed E-state index contributed by atoms with van der Waals surface area (Å²) < 4.78 is 5.19. The molecular formula is C11H9N2O. The molecule has 2 aromatic rings. The highest BCUT2D eigenvalue weighted by Gasteiger charge is 2.05. The summed E-state index contributed by atoms with van der Waals surface area (Å²) in [6.45, 7) is 0. The number of ether oxygens (including phenoxy) is 1. The zero-order valence-electron chi connectivity index (χ0n) is 7.77. The summed E-state index contributed by atoms with van der Waals surface area (Å²) in [5.74, 6) is 0.733. The fraction of sp³-hybridized carbons (Fsp3) is 0.0909. The van der Waals surface area contributed by atoms with Gasteiger partial charge in [-0.05, 0) is 24.3 Å². The van der Waals surface area contributed by atoms with Gasteiger partial charge >= 0.3 is 0 Å². The number of nitrogens with zero attached hydrogens (tertiary/aromatic N) is 2. The fourth-order valence-corrected chi connectivity index (χ4v) is 1.22. The van der Waals surface area contributed by atoms with Crippen molar-refractivity contribution >= 4 is 0 Å². The summed E-state index contributed by atoms with van der Waals surface area (Å²) in [6, 6.07) is 7.44. The molecule has 0 amide bonds. The summed E-state index contributed by atoms with van der Waals surface area (Å²) in [5.41, 5.74) is 1.60. The number of aromatic nitrogens is 2. The van der Waals surface area contributed by atoms with Crippen molar-refractivity contribution in [2.24, 2.45) is 0 Å². The highest BCUT2D eigenvalue weighted by Crippen LogP contribution is 2.25. The average molecular weight is 185 g/mol. The predicted octanol–water partition coefficient (Wildman–Crippen LogP) is 1.95. The van der Waals surface area contributed by atoms with E-state index in [-0.39, 0.29) is 0 Å². The van der Waals surface area contributed by atoms with Crippen LogP contribution in [0.4, 0.5) is 0 Å². The largest absolute Gasteiger partial charge is 0.494 e. The first kappa shape index (κ1) is 8.69. The molecule has 0 aliphatic carbocycles. The van der Waals surface area contributed by atoms with Crippen molar-refractivity contribution in [2.45, 2.75) is 0 Å². The Bertz CT molecular complexity index is 415. The lowest BCUT2D eigenvalue weighted by Gasteiger charge is -2.05. The molecule has 14 heavy (non-hydrogen) atoms. The van der Waals surface area contributed by atoms with Gasteiger partial charge in [-0.15, -0.1) is 0 Å². The lowest BCUT2D eigenvalue weighted by molar-refractivity contribution is 0.415. The van der Waals surface area contributed by atoms with Crippen LogP contribution < -0.4 is 4.74 Å². The highest BCUT2D eigenvalue weighted by atomic mass is 16.5. The Balaban J connectivity index is 2.51. The van der Waals surface area contributed by atoms with Gasteiger partial charge in [0.2, 0.25) is 0 Å². The van der Waals surface area contributed by atoms with Crippen LogP contribution in [0.25, 0.3) is 11.3 Å². The van der Waals surface area contributed by atoms with Gasteiger partial charge in [-0.3, -0.25) is 9.97 Å². The summed E-state index contributed by atoms with van der Waals surface area (Å²) in [7, 11) is 1.62. The van der Waals surface area contributed by atoms with Crippen LogP contribution in [-0.4, -0.2) is 17.1 Å². The van der Waals surface area contributed by atoms with Gasteiger partial charge in [-0.25, -0.2) is 0 Å². The molecule has 0 saturated heterocycles. The van der Waals surface area contributed by atoms with E-state index in [0.29, 0.717) is 0 Å². The quantitative estimate of drug-likeness (QED) is 0.717. The van der Waals surface area contributed by atoms with Gasteiger partial charge in [0.15, 0.2) is 0 Å². The topological polar surface area (TPSA) is 35.0 Å². The first-order chi connectivity index (χ1) is 6.92. The Morgan fingerprint density at radius 2 is 2.07 bits per heavy atom. The SMILES string of the molecule is COc1cccnc1-c1[c]nccc1. The molecular weight excluding hydrogens is 176 g/mol. The molecule has 3 nitrogen and oxygen atoms in total. The molecule has 2 heterocycles. The summed E-state index contributed by atoms with van der Waals surface area (Å²) >= 11 is 0. The molecule has 0 bridgehead atoms. The van der Waals surface area contributed by atoms with Gasteiger partial charge in [0.25, 0.3) is 0 Å². The van der Waals surface area contributed by atoms with E-state index in [4.69, 9.17) is 4.74 Å². The van der Waals surface area contributed by atoms with Gasteiger partial charge in [0, 0.05) is 18.0 Å². The Morgan fingerprint density at radius 1 is 1.21 bits per heavy atom. The zero-order chi connectivity index (χ0) is 9.80. The molecule has 69 valence electrons. The third kappa shape index (κ3) is 1.57. The Morgan fingerprint density at radius 3 is 2.79 bits per heavy atom. The molecule has 0 fully saturated rings. The third-order valence-corrected chi connectivity index (χ3v) is 1.85. The number of rotatable bonds is 2. The molecule has 0 saturated carbocycles. The Labute approximate surface area is 82.4 Å². The van der Waals surface area contributed by atoms with Crippen molar-refractivity contribution in [3.63, 3.8) is 0 Å². The molecule has 0 aromatic carbocycles. The number of pyridine rings is 2. The molecule has 0 aliphatic rings. The van der Waals surface area contributed by atoms with Gasteiger partial charge in [-0.2, -0.15) is 0 Å². The van der Waals surface area contributed by atoms with E-state index in [1.807, 2.05) is 24.3 Å². The maximum absolute atomic E-state index is 5.19. The van der Waals surface area contributed by atoms with Crippen molar-refractivity contribution in [1.82, 2.24) is 9.97 Å². The standard InChI is InChI=1S/C11H9N2O/c1-14-10-5-3-7-13-11(10)9-4-2-6-12-8-9/h2-7H,1H3. The molecule has 0 unspecified atom stereocenters. The molecule has 0 aliphatic heterocycles. The van der Waals surface area contributed by atoms with E-state index in [0.717, 1.165) is 17.0 Å². The summed E-state index contributed by atoms with van der Waals surface area (Å²) in [4.78, 5) is 8.14. The average Bonchev–Trinajstić information content (AvgIpc) is 2.30. The monoisotopic (exact) mass is 185 g/mol. The van der Waals surface area contributed by atoms with E-state index < -0.39 is 0 Å². The van der Waals surface area contributed by atoms with Crippen LogP contribution >= 0.6 is 0 Å². The molecule has 0 atom stereocenters. The van der Waals surface area contributed by atoms with E-state index >= 15 is 0 Å². The maximum Gasteiger partial charge on any atom is 0.145 e. The van der Waals surface area contributed by atoms with Gasteiger partial charge in [-0.1, -0.05) is 0 Å². The molecule has 3 heteroatoms. The van der Waals surface area contributed by atoms with Crippen LogP contribution in [0.15, 0.2) is 36.7 Å². The maximum atomic E-state index is 5.19. The van der Waals surface area contributed by atoms with E-state index in [9.17, 15) is 0 Å². The first-order valence-electron chi connectivity index (χ1n) is 4.24. The lowest BCUT2D eigenvalue weighted by atomic mass is 10.2. The number of methoxy groups -OCH3 is 1. The third-order valence-electron chi connectivity index (χ3n) is 1.85. The van der Waals surface area contributed by atoms with E-state index in [1.165, 1.54) is 0 Å². The molecule has 1 radical (unpaired) electrons. The Kier molecular flexibility index (Phi) is 2.40. The van der Waals surface area contributed by atoms with Crippen LogP contribution in [-0.2, 0) is 0 Å². The van der Waals surface area contributed by atoms with Crippen molar-refractivity contribution in [3.8, 4) is 17.0 Å². The van der Waals surface area contributed by atoms with Gasteiger partial charge < -0.3 is 4.74 Å². The number of hydrogen-bond donors (Lipinski definition) is 0. The highest BCUT2D eigenvalue weighted by molar-refractivity contribution is 5.64. The van der Waals surface area contributed by atoms with Crippen LogP contribution in [0.2, 0.25) is 0 Å². The molecule has 2 aromatic heterocycles. The summed E-state index contributed by atoms with van der Waals surface area (Å²) in [5, 5.41) is 0. The molecule has 2 rings (SSSR count). The molecule has 0 spiro atoms. The van der Waals surface area contributed by atoms with Crippen molar-refractivity contribution in [3.05, 3.63) is 42.9 Å². The van der Waals surface area contributed by atoms with Crippen molar-refractivity contribution < 1.29 is 4.74 Å². The van der Waals surface area contributed by atoms with Gasteiger partial charge in [0.05, 0.1) is 13.3 Å². The second-order valence-electron chi connectivity index (χ2n) is 2.72. The number of hydrogen-bond acceptors (Lipinski definition) is 3. The normalized spacial score (nSPS) is 9.79. The summed E-state index contributed by atoms with van der Waals surface area (Å²) in [6.07, 6.45) is 6.27. The minimum atomic E-state index is 0.733. The minimum absolute atomic E-state index is 0.733. The van der Waals surface area contributed by atoms with Crippen molar-refractivity contribution in [2.75, 3.05) is 7.11 Å². The first-order valence-corrected chi connectivity index (χ1v) is 4.24. The fourth-order valence-electron chi connectivity index (χ4n) is 1.22. The second kappa shape index (κ2) is 3.87. The molecule has 0 N–H and O–H groups in total. The predicted molar refractivity (Wildman–Crippen MR) is 52.9 cm³/mol. The van der Waals surface area contributed by atoms with E-state index in [1.54, 1.807) is 19.5 Å². The van der Waals surface area contributed by atoms with Gasteiger partial charge in [0.1, 0.15) is 11.4 Å². The van der Waals surface area contributed by atoms with E-state index in [2.05, 4.69) is 16.2 Å².